The third kappa shape index (κ3) is 3.65. The number of nitrogens with one attached hydrogen (secondary N) is 1. The molecule has 1 atom stereocenters. The molecule has 1 fully saturated rings. The van der Waals surface area contributed by atoms with E-state index in [1.165, 1.54) is 4.90 Å². The minimum absolute atomic E-state index is 0.156. The number of rotatable bonds is 5. The van der Waals surface area contributed by atoms with Crippen molar-refractivity contribution in [1.82, 2.24) is 10.2 Å². The van der Waals surface area contributed by atoms with Gasteiger partial charge in [-0.1, -0.05) is 45.7 Å². The molecule has 25 heavy (non-hydrogen) atoms. The first kappa shape index (κ1) is 17.8. The Morgan fingerprint density at radius 3 is 2.60 bits per heavy atom. The van der Waals surface area contributed by atoms with Gasteiger partial charge in [-0.25, -0.2) is 4.79 Å². The fraction of sp³-hybridized carbons (Fsp3) is 0.222. The van der Waals surface area contributed by atoms with Gasteiger partial charge >= 0.3 is 6.03 Å². The van der Waals surface area contributed by atoms with Crippen LogP contribution in [0.5, 0.6) is 5.75 Å². The van der Waals surface area contributed by atoms with Gasteiger partial charge in [0.25, 0.3) is 5.91 Å². The number of benzene rings is 2. The maximum Gasteiger partial charge on any atom is 0.325 e. The zero-order valence-electron chi connectivity index (χ0n) is 13.5. The maximum absolute atomic E-state index is 12.8. The first-order valence-electron chi connectivity index (χ1n) is 7.69. The number of ether oxygens (including phenoxy) is 1. The molecule has 3 amide bonds. The van der Waals surface area contributed by atoms with Crippen molar-refractivity contribution < 1.29 is 14.3 Å². The highest BCUT2D eigenvalue weighted by Crippen LogP contribution is 2.29. The van der Waals surface area contributed by atoms with Crippen LogP contribution in [0.2, 0.25) is 5.02 Å². The zero-order valence-corrected chi connectivity index (χ0v) is 15.8. The van der Waals surface area contributed by atoms with Crippen LogP contribution in [-0.2, 0) is 10.3 Å². The Hall–Kier alpha value is -2.05. The lowest BCUT2D eigenvalue weighted by atomic mass is 9.92. The van der Waals surface area contributed by atoms with Crippen LogP contribution in [0.15, 0.2) is 53.0 Å². The summed E-state index contributed by atoms with van der Waals surface area (Å²) in [4.78, 5) is 26.2. The number of imide groups is 1. The van der Waals surface area contributed by atoms with E-state index in [4.69, 9.17) is 16.3 Å². The molecule has 0 spiro atoms. The van der Waals surface area contributed by atoms with Gasteiger partial charge < -0.3 is 10.1 Å². The summed E-state index contributed by atoms with van der Waals surface area (Å²) in [5.41, 5.74) is -0.347. The SMILES string of the molecule is CC1(c2ccc(Br)cc2)NC(=O)N(CCOc2cccc(Cl)c2)C1=O. The number of amides is 3. The van der Waals surface area contributed by atoms with Crippen LogP contribution >= 0.6 is 27.5 Å². The lowest BCUT2D eigenvalue weighted by Gasteiger charge is -2.22. The number of carbonyl (C=O) groups excluding carboxylic acids is 2. The molecular formula is C18H16BrClN2O3. The highest BCUT2D eigenvalue weighted by Gasteiger charge is 2.48. The van der Waals surface area contributed by atoms with E-state index in [1.54, 1.807) is 31.2 Å². The molecule has 2 aromatic carbocycles. The second-order valence-corrected chi connectivity index (χ2v) is 7.18. The van der Waals surface area contributed by atoms with E-state index in [9.17, 15) is 9.59 Å². The molecule has 7 heteroatoms. The number of halogens is 2. The van der Waals surface area contributed by atoms with Gasteiger partial charge in [0.05, 0.1) is 6.54 Å². The number of hydrogen-bond donors (Lipinski definition) is 1. The van der Waals surface area contributed by atoms with Gasteiger partial charge in [0, 0.05) is 9.50 Å². The Labute approximate surface area is 159 Å². The first-order chi connectivity index (χ1) is 11.9. The van der Waals surface area contributed by atoms with Crippen molar-refractivity contribution in [3.63, 3.8) is 0 Å². The molecule has 3 rings (SSSR count). The van der Waals surface area contributed by atoms with Crippen LogP contribution in [0, 0.1) is 0 Å². The summed E-state index contributed by atoms with van der Waals surface area (Å²) < 4.78 is 6.48. The third-order valence-electron chi connectivity index (χ3n) is 4.08. The molecule has 0 aromatic heterocycles. The molecule has 1 saturated heterocycles. The number of nitrogens with zero attached hydrogens (tertiary/aromatic N) is 1. The van der Waals surface area contributed by atoms with E-state index >= 15 is 0 Å². The summed E-state index contributed by atoms with van der Waals surface area (Å²) >= 11 is 9.26. The van der Waals surface area contributed by atoms with Crippen LogP contribution in [0.25, 0.3) is 0 Å². The van der Waals surface area contributed by atoms with Crippen molar-refractivity contribution in [1.29, 1.82) is 0 Å². The van der Waals surface area contributed by atoms with Crippen LogP contribution < -0.4 is 10.1 Å². The highest BCUT2D eigenvalue weighted by atomic mass is 79.9. The second kappa shape index (κ2) is 7.06. The van der Waals surface area contributed by atoms with E-state index in [0.717, 1.165) is 10.0 Å². The Bertz CT molecular complexity index is 812. The minimum Gasteiger partial charge on any atom is -0.492 e. The van der Waals surface area contributed by atoms with Gasteiger partial charge in [0.2, 0.25) is 0 Å². The Balaban J connectivity index is 1.68. The smallest absolute Gasteiger partial charge is 0.325 e. The molecule has 130 valence electrons. The molecule has 0 bridgehead atoms. The number of carbonyl (C=O) groups is 2. The van der Waals surface area contributed by atoms with E-state index in [-0.39, 0.29) is 19.1 Å². The van der Waals surface area contributed by atoms with Crippen molar-refractivity contribution in [3.05, 3.63) is 63.6 Å². The normalized spacial score (nSPS) is 19.9. The summed E-state index contributed by atoms with van der Waals surface area (Å²) in [7, 11) is 0. The number of urea groups is 1. The quantitative estimate of drug-likeness (QED) is 0.741. The molecule has 0 aliphatic carbocycles. The van der Waals surface area contributed by atoms with E-state index in [1.807, 2.05) is 24.3 Å². The Morgan fingerprint density at radius 1 is 1.20 bits per heavy atom. The molecular weight excluding hydrogens is 408 g/mol. The first-order valence-corrected chi connectivity index (χ1v) is 8.86. The van der Waals surface area contributed by atoms with Gasteiger partial charge in [-0.3, -0.25) is 9.69 Å². The average Bonchev–Trinajstić information content (AvgIpc) is 2.79. The summed E-state index contributed by atoms with van der Waals surface area (Å²) in [5.74, 6) is 0.296. The average molecular weight is 424 g/mol. The monoisotopic (exact) mass is 422 g/mol. The summed E-state index contributed by atoms with van der Waals surface area (Å²) in [6.45, 7) is 2.05. The topological polar surface area (TPSA) is 58.6 Å². The lowest BCUT2D eigenvalue weighted by Crippen LogP contribution is -2.41. The van der Waals surface area contributed by atoms with E-state index < -0.39 is 11.6 Å². The van der Waals surface area contributed by atoms with Gasteiger partial charge in [0.15, 0.2) is 0 Å². The summed E-state index contributed by atoms with van der Waals surface area (Å²) in [5, 5.41) is 3.33. The Morgan fingerprint density at radius 2 is 1.92 bits per heavy atom. The predicted molar refractivity (Wildman–Crippen MR) is 98.7 cm³/mol. The van der Waals surface area contributed by atoms with Crippen LogP contribution in [0.1, 0.15) is 12.5 Å². The molecule has 1 unspecified atom stereocenters. The molecule has 0 radical (unpaired) electrons. The fourth-order valence-corrected chi connectivity index (χ4v) is 3.14. The van der Waals surface area contributed by atoms with Crippen LogP contribution in [0.3, 0.4) is 0 Å². The molecule has 1 heterocycles. The minimum atomic E-state index is -1.08. The van der Waals surface area contributed by atoms with Crippen molar-refractivity contribution in [2.45, 2.75) is 12.5 Å². The summed E-state index contributed by atoms with van der Waals surface area (Å²) in [6.07, 6.45) is 0. The lowest BCUT2D eigenvalue weighted by molar-refractivity contribution is -0.131. The van der Waals surface area contributed by atoms with Crippen molar-refractivity contribution in [3.8, 4) is 5.75 Å². The predicted octanol–water partition coefficient (Wildman–Crippen LogP) is 3.95. The van der Waals surface area contributed by atoms with Crippen molar-refractivity contribution in [2.75, 3.05) is 13.2 Å². The second-order valence-electron chi connectivity index (χ2n) is 5.82. The molecule has 1 aliphatic heterocycles. The molecule has 1 aliphatic rings. The summed E-state index contributed by atoms with van der Waals surface area (Å²) in [6, 6.07) is 13.8. The highest BCUT2D eigenvalue weighted by molar-refractivity contribution is 9.10. The molecule has 1 N–H and O–H groups in total. The van der Waals surface area contributed by atoms with Gasteiger partial charge in [0.1, 0.15) is 17.9 Å². The van der Waals surface area contributed by atoms with Crippen molar-refractivity contribution in [2.24, 2.45) is 0 Å². The Kier molecular flexibility index (Phi) is 5.01. The van der Waals surface area contributed by atoms with E-state index in [0.29, 0.717) is 10.8 Å². The van der Waals surface area contributed by atoms with Gasteiger partial charge in [-0.05, 0) is 42.8 Å². The van der Waals surface area contributed by atoms with Crippen molar-refractivity contribution >= 4 is 39.5 Å². The van der Waals surface area contributed by atoms with E-state index in [2.05, 4.69) is 21.2 Å². The van der Waals surface area contributed by atoms with Gasteiger partial charge in [-0.15, -0.1) is 0 Å². The fourth-order valence-electron chi connectivity index (χ4n) is 2.69. The van der Waals surface area contributed by atoms with Gasteiger partial charge in [-0.2, -0.15) is 0 Å². The maximum atomic E-state index is 12.8. The molecule has 2 aromatic rings. The van der Waals surface area contributed by atoms with Crippen LogP contribution in [-0.4, -0.2) is 30.0 Å². The molecule has 0 saturated carbocycles. The molecule has 5 nitrogen and oxygen atoms in total. The third-order valence-corrected chi connectivity index (χ3v) is 4.84. The number of hydrogen-bond acceptors (Lipinski definition) is 3. The largest absolute Gasteiger partial charge is 0.492 e. The van der Waals surface area contributed by atoms with Crippen LogP contribution in [0.4, 0.5) is 4.79 Å². The zero-order chi connectivity index (χ0) is 18.0. The standard InChI is InChI=1S/C18H16BrClN2O3/c1-18(12-5-7-13(19)8-6-12)16(23)22(17(24)21-18)9-10-25-15-4-2-3-14(20)11-15/h2-8,11H,9-10H2,1H3,(H,21,24).